The Morgan fingerprint density at radius 2 is 1.79 bits per heavy atom. The van der Waals surface area contributed by atoms with Gasteiger partial charge in [0.2, 0.25) is 0 Å². The quantitative estimate of drug-likeness (QED) is 0.467. The minimum Gasteiger partial charge on any atom is -0.392 e. The summed E-state index contributed by atoms with van der Waals surface area (Å²) in [6.07, 6.45) is -3.73. The van der Waals surface area contributed by atoms with E-state index in [-0.39, 0.29) is 18.9 Å². The van der Waals surface area contributed by atoms with Crippen molar-refractivity contribution in [2.45, 2.75) is 83.1 Å². The SMILES string of the molecule is CO[C@H]1C2C(C)(C(=O)[C@H](O)C3=C(C)[C@@H](C)C[C@]1(O)C3(C)C)[C@@H](O)CC1OC[C@]12O. The summed E-state index contributed by atoms with van der Waals surface area (Å²) in [5.41, 5.74) is -3.97. The number of hydrogen-bond donors (Lipinski definition) is 4. The Morgan fingerprint density at radius 3 is 2.31 bits per heavy atom. The van der Waals surface area contributed by atoms with Crippen LogP contribution in [0.4, 0.5) is 0 Å². The Morgan fingerprint density at radius 1 is 1.17 bits per heavy atom. The Labute approximate surface area is 171 Å². The Bertz CT molecular complexity index is 775. The Hall–Kier alpha value is -0.830. The molecule has 0 amide bonds. The lowest BCUT2D eigenvalue weighted by Gasteiger charge is -2.67. The van der Waals surface area contributed by atoms with Crippen molar-refractivity contribution in [3.05, 3.63) is 11.1 Å². The molecule has 0 aromatic carbocycles. The number of Topliss-reactive ketones (excluding diaryl/α,β-unsaturated/α-hetero) is 1. The van der Waals surface area contributed by atoms with Crippen LogP contribution in [-0.2, 0) is 14.3 Å². The number of carbonyl (C=O) groups excluding carboxylic acids is 1. The van der Waals surface area contributed by atoms with Crippen LogP contribution in [0.1, 0.15) is 47.5 Å². The van der Waals surface area contributed by atoms with E-state index in [2.05, 4.69) is 0 Å². The number of methoxy groups -OCH3 is 1. The van der Waals surface area contributed by atoms with Crippen molar-refractivity contribution in [2.75, 3.05) is 13.7 Å². The second kappa shape index (κ2) is 6.11. The summed E-state index contributed by atoms with van der Waals surface area (Å²) in [5.74, 6) is -1.54. The molecular formula is C22H34O7. The van der Waals surface area contributed by atoms with Crippen molar-refractivity contribution in [3.8, 4) is 0 Å². The second-order valence-electron chi connectivity index (χ2n) is 10.5. The summed E-state index contributed by atoms with van der Waals surface area (Å²) in [6, 6.07) is 0. The molecule has 7 nitrogen and oxygen atoms in total. The third kappa shape index (κ3) is 2.27. The van der Waals surface area contributed by atoms with E-state index in [1.54, 1.807) is 6.92 Å². The van der Waals surface area contributed by atoms with Gasteiger partial charge in [-0.05, 0) is 31.8 Å². The van der Waals surface area contributed by atoms with Crippen molar-refractivity contribution in [2.24, 2.45) is 22.7 Å². The second-order valence-corrected chi connectivity index (χ2v) is 10.5. The summed E-state index contributed by atoms with van der Waals surface area (Å²) in [6.45, 7) is 9.08. The third-order valence-electron chi connectivity index (χ3n) is 9.00. The zero-order valence-corrected chi connectivity index (χ0v) is 18.1. The maximum atomic E-state index is 13.8. The molecule has 3 fully saturated rings. The van der Waals surface area contributed by atoms with Crippen molar-refractivity contribution >= 4 is 5.78 Å². The Balaban J connectivity index is 2.04. The van der Waals surface area contributed by atoms with E-state index >= 15 is 0 Å². The minimum absolute atomic E-state index is 0.00165. The largest absolute Gasteiger partial charge is 0.392 e. The molecule has 7 heteroatoms. The van der Waals surface area contributed by atoms with E-state index < -0.39 is 58.1 Å². The number of aliphatic hydroxyl groups is 4. The first-order valence-electron chi connectivity index (χ1n) is 10.5. The molecule has 1 saturated heterocycles. The highest BCUT2D eigenvalue weighted by Crippen LogP contribution is 2.63. The molecule has 9 atom stereocenters. The molecule has 0 radical (unpaired) electrons. The van der Waals surface area contributed by atoms with E-state index in [4.69, 9.17) is 9.47 Å². The number of ether oxygens (including phenoxy) is 2. The molecule has 4 N–H and O–H groups in total. The normalized spacial score (nSPS) is 54.1. The average molecular weight is 411 g/mol. The highest BCUT2D eigenvalue weighted by molar-refractivity contribution is 5.93. The van der Waals surface area contributed by atoms with Gasteiger partial charge in [-0.25, -0.2) is 0 Å². The van der Waals surface area contributed by atoms with Crippen molar-refractivity contribution in [1.82, 2.24) is 0 Å². The molecule has 3 aliphatic carbocycles. The highest BCUT2D eigenvalue weighted by Gasteiger charge is 2.75. The predicted octanol–water partition coefficient (Wildman–Crippen LogP) is 0.576. The van der Waals surface area contributed by atoms with Crippen LogP contribution in [0.5, 0.6) is 0 Å². The minimum atomic E-state index is -1.49. The van der Waals surface area contributed by atoms with Crippen LogP contribution in [-0.4, -0.2) is 75.5 Å². The van der Waals surface area contributed by atoms with Gasteiger partial charge < -0.3 is 29.9 Å². The van der Waals surface area contributed by atoms with E-state index in [0.717, 1.165) is 5.57 Å². The highest BCUT2D eigenvalue weighted by atomic mass is 16.6. The van der Waals surface area contributed by atoms with Gasteiger partial charge in [-0.3, -0.25) is 4.79 Å². The number of allylic oxidation sites excluding steroid dienone is 1. The van der Waals surface area contributed by atoms with Gasteiger partial charge in [-0.1, -0.05) is 26.3 Å². The molecule has 4 rings (SSSR count). The molecule has 164 valence electrons. The van der Waals surface area contributed by atoms with E-state index in [1.807, 2.05) is 27.7 Å². The van der Waals surface area contributed by atoms with Gasteiger partial charge in [0.1, 0.15) is 17.3 Å². The molecule has 2 bridgehead atoms. The van der Waals surface area contributed by atoms with Gasteiger partial charge >= 0.3 is 0 Å². The average Bonchev–Trinajstić information content (AvgIpc) is 2.64. The maximum absolute atomic E-state index is 13.8. The van der Waals surface area contributed by atoms with Crippen LogP contribution in [0, 0.1) is 22.7 Å². The van der Waals surface area contributed by atoms with Crippen molar-refractivity contribution in [1.29, 1.82) is 0 Å². The van der Waals surface area contributed by atoms with Crippen LogP contribution in [0.2, 0.25) is 0 Å². The summed E-state index contributed by atoms with van der Waals surface area (Å²) in [4.78, 5) is 13.8. The monoisotopic (exact) mass is 410 g/mol. The van der Waals surface area contributed by atoms with Crippen LogP contribution in [0.25, 0.3) is 0 Å². The number of ketones is 1. The van der Waals surface area contributed by atoms with Crippen LogP contribution in [0.3, 0.4) is 0 Å². The molecule has 1 aliphatic heterocycles. The molecule has 0 aromatic rings. The first kappa shape index (κ1) is 21.4. The van der Waals surface area contributed by atoms with Crippen LogP contribution in [0.15, 0.2) is 11.1 Å². The zero-order valence-electron chi connectivity index (χ0n) is 18.1. The van der Waals surface area contributed by atoms with Crippen LogP contribution >= 0.6 is 0 Å². The first-order chi connectivity index (χ1) is 13.3. The number of rotatable bonds is 1. The molecule has 2 saturated carbocycles. The lowest BCUT2D eigenvalue weighted by atomic mass is 9.44. The van der Waals surface area contributed by atoms with Crippen LogP contribution < -0.4 is 0 Å². The van der Waals surface area contributed by atoms with E-state index in [1.165, 1.54) is 7.11 Å². The van der Waals surface area contributed by atoms with Gasteiger partial charge in [0.15, 0.2) is 5.78 Å². The van der Waals surface area contributed by atoms with Gasteiger partial charge in [0.05, 0.1) is 30.3 Å². The maximum Gasteiger partial charge on any atom is 0.174 e. The van der Waals surface area contributed by atoms with Gasteiger partial charge in [-0.15, -0.1) is 0 Å². The fourth-order valence-corrected chi connectivity index (χ4v) is 6.93. The number of fused-ring (bicyclic) bond motifs is 5. The molecule has 4 aliphatic rings. The van der Waals surface area contributed by atoms with Gasteiger partial charge in [0.25, 0.3) is 0 Å². The fraction of sp³-hybridized carbons (Fsp3) is 0.864. The molecule has 0 spiro atoms. The standard InChI is InChI=1S/C22H34O7/c1-10-8-22(27)18(28-6)16-20(5,12(23)7-13-21(16,26)9-29-13)17(25)15(24)14(11(10)2)19(22,3)4/h10,12-13,15-16,18,23-24,26-27H,7-9H2,1-6H3/t10-,12-,13?,15+,16?,18-,20?,21-,22+/m0/s1. The molecule has 1 heterocycles. The van der Waals surface area contributed by atoms with Gasteiger partial charge in [-0.2, -0.15) is 0 Å². The lowest BCUT2D eigenvalue weighted by Crippen LogP contribution is -2.80. The smallest absolute Gasteiger partial charge is 0.174 e. The first-order valence-corrected chi connectivity index (χ1v) is 10.5. The van der Waals surface area contributed by atoms with Gasteiger partial charge in [0, 0.05) is 24.9 Å². The molecular weight excluding hydrogens is 376 g/mol. The lowest BCUT2D eigenvalue weighted by molar-refractivity contribution is -0.346. The zero-order chi connectivity index (χ0) is 21.7. The fourth-order valence-electron chi connectivity index (χ4n) is 6.93. The van der Waals surface area contributed by atoms with E-state index in [9.17, 15) is 25.2 Å². The number of aliphatic hydroxyl groups excluding tert-OH is 2. The van der Waals surface area contributed by atoms with Crippen molar-refractivity contribution < 1.29 is 34.7 Å². The topological polar surface area (TPSA) is 116 Å². The predicted molar refractivity (Wildman–Crippen MR) is 104 cm³/mol. The van der Waals surface area contributed by atoms with E-state index in [0.29, 0.717) is 12.0 Å². The third-order valence-corrected chi connectivity index (χ3v) is 9.00. The molecule has 0 aromatic heterocycles. The molecule has 3 unspecified atom stereocenters. The summed E-state index contributed by atoms with van der Waals surface area (Å²) in [5, 5.41) is 46.0. The molecule has 29 heavy (non-hydrogen) atoms. The number of hydrogen-bond acceptors (Lipinski definition) is 7. The van der Waals surface area contributed by atoms with Crippen molar-refractivity contribution in [3.63, 3.8) is 0 Å². The number of carbonyl (C=O) groups is 1. The summed E-state index contributed by atoms with van der Waals surface area (Å²) < 4.78 is 11.4. The Kier molecular flexibility index (Phi) is 4.51. The summed E-state index contributed by atoms with van der Waals surface area (Å²) >= 11 is 0. The summed E-state index contributed by atoms with van der Waals surface area (Å²) in [7, 11) is 1.47.